The molecule has 0 saturated carbocycles. The third-order valence-electron chi connectivity index (χ3n) is 2.88. The van der Waals surface area contributed by atoms with Gasteiger partial charge >= 0.3 is 0 Å². The summed E-state index contributed by atoms with van der Waals surface area (Å²) in [5, 5.41) is 3.81. The van der Waals surface area contributed by atoms with Gasteiger partial charge in [0.05, 0.1) is 16.3 Å². The van der Waals surface area contributed by atoms with Crippen LogP contribution in [0.1, 0.15) is 17.3 Å². The number of ketones is 1. The first kappa shape index (κ1) is 17.6. The molecule has 2 aromatic rings. The van der Waals surface area contributed by atoms with Gasteiger partial charge in [0.1, 0.15) is 5.75 Å². The second-order valence-corrected chi connectivity index (χ2v) is 5.94. The highest BCUT2D eigenvalue weighted by Crippen LogP contribution is 2.26. The maximum atomic E-state index is 11.9. The number of amides is 1. The molecular formula is C16H12Cl3NO3. The fraction of sp³-hybridized carbons (Fsp3) is 0.125. The predicted octanol–water partition coefficient (Wildman–Crippen LogP) is 4.87. The molecule has 0 aliphatic heterocycles. The summed E-state index contributed by atoms with van der Waals surface area (Å²) >= 11 is 17.6. The van der Waals surface area contributed by atoms with E-state index in [1.807, 2.05) is 0 Å². The minimum Gasteiger partial charge on any atom is -0.483 e. The summed E-state index contributed by atoms with van der Waals surface area (Å²) in [5.41, 5.74) is 0.738. The molecule has 0 bridgehead atoms. The molecule has 0 radical (unpaired) electrons. The zero-order valence-electron chi connectivity index (χ0n) is 12.0. The lowest BCUT2D eigenvalue weighted by atomic mass is 10.1. The highest BCUT2D eigenvalue weighted by atomic mass is 35.5. The molecule has 23 heavy (non-hydrogen) atoms. The monoisotopic (exact) mass is 371 g/mol. The maximum absolute atomic E-state index is 11.9. The molecule has 0 aliphatic carbocycles. The molecule has 0 spiro atoms. The normalized spacial score (nSPS) is 10.3. The van der Waals surface area contributed by atoms with E-state index in [-0.39, 0.29) is 12.4 Å². The standard InChI is InChI=1S/C16H12Cl3NO3/c1-9(21)12-6-10(17)3-5-15(12)23-8-16(22)20-14-4-2-11(18)7-13(14)19/h2-7H,8H2,1H3,(H,20,22). The van der Waals surface area contributed by atoms with Crippen LogP contribution in [0, 0.1) is 0 Å². The fourth-order valence-corrected chi connectivity index (χ4v) is 2.45. The Labute approximate surface area is 148 Å². The second kappa shape index (κ2) is 7.68. The van der Waals surface area contributed by atoms with E-state index in [0.29, 0.717) is 32.1 Å². The molecule has 0 aromatic heterocycles. The highest BCUT2D eigenvalue weighted by Gasteiger charge is 2.12. The van der Waals surface area contributed by atoms with Crippen molar-refractivity contribution in [1.82, 2.24) is 0 Å². The zero-order valence-corrected chi connectivity index (χ0v) is 14.3. The Bertz CT molecular complexity index is 762. The molecular weight excluding hydrogens is 361 g/mol. The van der Waals surface area contributed by atoms with E-state index in [1.54, 1.807) is 24.3 Å². The number of hydrogen-bond donors (Lipinski definition) is 1. The van der Waals surface area contributed by atoms with Crippen LogP contribution in [0.2, 0.25) is 15.1 Å². The van der Waals surface area contributed by atoms with Gasteiger partial charge in [0.2, 0.25) is 0 Å². The molecule has 0 saturated heterocycles. The summed E-state index contributed by atoms with van der Waals surface area (Å²) in [6, 6.07) is 9.33. The molecule has 7 heteroatoms. The molecule has 0 heterocycles. The Morgan fingerprint density at radius 2 is 1.70 bits per heavy atom. The molecule has 120 valence electrons. The Balaban J connectivity index is 2.03. The quantitative estimate of drug-likeness (QED) is 0.762. The van der Waals surface area contributed by atoms with Crippen LogP contribution < -0.4 is 10.1 Å². The number of carbonyl (C=O) groups excluding carboxylic acids is 2. The van der Waals surface area contributed by atoms with Gasteiger partial charge in [-0.3, -0.25) is 9.59 Å². The van der Waals surface area contributed by atoms with E-state index in [1.165, 1.54) is 19.1 Å². The molecule has 1 N–H and O–H groups in total. The first-order valence-electron chi connectivity index (χ1n) is 6.55. The number of anilines is 1. The molecule has 2 rings (SSSR count). The fourth-order valence-electron chi connectivity index (χ4n) is 1.82. The van der Waals surface area contributed by atoms with Crippen LogP contribution >= 0.6 is 34.8 Å². The van der Waals surface area contributed by atoms with Gasteiger partial charge in [0.25, 0.3) is 5.91 Å². The highest BCUT2D eigenvalue weighted by molar-refractivity contribution is 6.36. The largest absolute Gasteiger partial charge is 0.483 e. The van der Waals surface area contributed by atoms with Crippen molar-refractivity contribution in [3.05, 3.63) is 57.0 Å². The first-order valence-corrected chi connectivity index (χ1v) is 7.68. The number of benzene rings is 2. The third-order valence-corrected chi connectivity index (χ3v) is 3.67. The topological polar surface area (TPSA) is 55.4 Å². The van der Waals surface area contributed by atoms with Crippen molar-refractivity contribution < 1.29 is 14.3 Å². The smallest absolute Gasteiger partial charge is 0.262 e. The van der Waals surface area contributed by atoms with Gasteiger partial charge in [-0.2, -0.15) is 0 Å². The van der Waals surface area contributed by atoms with Crippen LogP contribution in [0.3, 0.4) is 0 Å². The number of nitrogens with one attached hydrogen (secondary N) is 1. The van der Waals surface area contributed by atoms with Gasteiger partial charge in [-0.05, 0) is 43.3 Å². The van der Waals surface area contributed by atoms with Crippen LogP contribution in [0.25, 0.3) is 0 Å². The summed E-state index contributed by atoms with van der Waals surface area (Å²) in [5.74, 6) is -0.332. The summed E-state index contributed by atoms with van der Waals surface area (Å²) in [6.45, 7) is 1.12. The van der Waals surface area contributed by atoms with Crippen molar-refractivity contribution in [2.45, 2.75) is 6.92 Å². The Kier molecular flexibility index (Phi) is 5.88. The molecule has 0 atom stereocenters. The van der Waals surface area contributed by atoms with Crippen molar-refractivity contribution in [1.29, 1.82) is 0 Å². The first-order chi connectivity index (χ1) is 10.9. The van der Waals surface area contributed by atoms with E-state index in [9.17, 15) is 9.59 Å². The van der Waals surface area contributed by atoms with Crippen LogP contribution in [-0.4, -0.2) is 18.3 Å². The molecule has 2 aromatic carbocycles. The van der Waals surface area contributed by atoms with Gasteiger partial charge in [-0.15, -0.1) is 0 Å². The molecule has 0 unspecified atom stereocenters. The van der Waals surface area contributed by atoms with Gasteiger partial charge in [0, 0.05) is 10.0 Å². The van der Waals surface area contributed by atoms with Crippen molar-refractivity contribution in [3.63, 3.8) is 0 Å². The third kappa shape index (κ3) is 4.86. The summed E-state index contributed by atoms with van der Waals surface area (Å²) in [7, 11) is 0. The number of ether oxygens (including phenoxy) is 1. The molecule has 4 nitrogen and oxygen atoms in total. The van der Waals surface area contributed by atoms with Crippen LogP contribution in [0.4, 0.5) is 5.69 Å². The predicted molar refractivity (Wildman–Crippen MR) is 92.0 cm³/mol. The molecule has 0 fully saturated rings. The van der Waals surface area contributed by atoms with Crippen molar-refractivity contribution in [2.75, 3.05) is 11.9 Å². The Morgan fingerprint density at radius 3 is 2.35 bits per heavy atom. The number of halogens is 3. The van der Waals surface area contributed by atoms with E-state index < -0.39 is 5.91 Å². The van der Waals surface area contributed by atoms with Crippen molar-refractivity contribution in [2.24, 2.45) is 0 Å². The molecule has 0 aliphatic rings. The van der Waals surface area contributed by atoms with E-state index in [4.69, 9.17) is 39.5 Å². The lowest BCUT2D eigenvalue weighted by Gasteiger charge is -2.11. The maximum Gasteiger partial charge on any atom is 0.262 e. The minimum absolute atomic E-state index is 0.205. The lowest BCUT2D eigenvalue weighted by molar-refractivity contribution is -0.118. The van der Waals surface area contributed by atoms with Crippen LogP contribution in [-0.2, 0) is 4.79 Å². The van der Waals surface area contributed by atoms with Crippen LogP contribution in [0.5, 0.6) is 5.75 Å². The number of rotatable bonds is 5. The van der Waals surface area contributed by atoms with Crippen LogP contribution in [0.15, 0.2) is 36.4 Å². The summed E-state index contributed by atoms with van der Waals surface area (Å²) in [6.07, 6.45) is 0. The Morgan fingerprint density at radius 1 is 1.04 bits per heavy atom. The van der Waals surface area contributed by atoms with Crippen molar-refractivity contribution >= 4 is 52.2 Å². The second-order valence-electron chi connectivity index (χ2n) is 4.66. The lowest BCUT2D eigenvalue weighted by Crippen LogP contribution is -2.21. The van der Waals surface area contributed by atoms with E-state index >= 15 is 0 Å². The SMILES string of the molecule is CC(=O)c1cc(Cl)ccc1OCC(=O)Nc1ccc(Cl)cc1Cl. The van der Waals surface area contributed by atoms with E-state index in [0.717, 1.165) is 0 Å². The summed E-state index contributed by atoms with van der Waals surface area (Å²) in [4.78, 5) is 23.5. The number of hydrogen-bond acceptors (Lipinski definition) is 3. The number of Topliss-reactive ketones (excluding diaryl/α,β-unsaturated/α-hetero) is 1. The average Bonchev–Trinajstić information content (AvgIpc) is 2.48. The zero-order chi connectivity index (χ0) is 17.0. The van der Waals surface area contributed by atoms with E-state index in [2.05, 4.69) is 5.32 Å². The van der Waals surface area contributed by atoms with Gasteiger partial charge in [-0.25, -0.2) is 0 Å². The summed E-state index contributed by atoms with van der Waals surface area (Å²) < 4.78 is 5.39. The number of carbonyl (C=O) groups is 2. The molecule has 1 amide bonds. The minimum atomic E-state index is -0.418. The van der Waals surface area contributed by atoms with Gasteiger partial charge < -0.3 is 10.1 Å². The average molecular weight is 373 g/mol. The van der Waals surface area contributed by atoms with Crippen molar-refractivity contribution in [3.8, 4) is 5.75 Å². The Hall–Kier alpha value is -1.75. The van der Waals surface area contributed by atoms with Gasteiger partial charge in [-0.1, -0.05) is 34.8 Å². The van der Waals surface area contributed by atoms with Gasteiger partial charge in [0.15, 0.2) is 12.4 Å².